The predicted octanol–water partition coefficient (Wildman–Crippen LogP) is 3.40. The molecule has 6 nitrogen and oxygen atoms in total. The summed E-state index contributed by atoms with van der Waals surface area (Å²) in [5.74, 6) is 0.712. The molecule has 0 aliphatic carbocycles. The van der Waals surface area contributed by atoms with Gasteiger partial charge in [-0.15, -0.1) is 0 Å². The number of hydrogen-bond donors (Lipinski definition) is 0. The van der Waals surface area contributed by atoms with Crippen molar-refractivity contribution in [3.05, 3.63) is 68.8 Å². The van der Waals surface area contributed by atoms with Crippen LogP contribution in [0.3, 0.4) is 0 Å². The number of hydrogen-bond acceptors (Lipinski definition) is 5. The second kappa shape index (κ2) is 6.98. The van der Waals surface area contributed by atoms with Gasteiger partial charge in [-0.3, -0.25) is 15.0 Å². The molecule has 2 aromatic rings. The number of rotatable bonds is 5. The monoisotopic (exact) mass is 328 g/mol. The Morgan fingerprint density at radius 2 is 1.96 bits per heavy atom. The highest BCUT2D eigenvalue weighted by Gasteiger charge is 2.21. The first-order chi connectivity index (χ1) is 11.5. The Balaban J connectivity index is 1.84. The summed E-state index contributed by atoms with van der Waals surface area (Å²) in [4.78, 5) is 12.9. The number of aryl methyl sites for hydroxylation is 1. The summed E-state index contributed by atoms with van der Waals surface area (Å²) in [6, 6.07) is 11.3. The minimum Gasteiger partial charge on any atom is -0.467 e. The van der Waals surface area contributed by atoms with Crippen molar-refractivity contribution >= 4 is 5.69 Å². The predicted molar refractivity (Wildman–Crippen MR) is 89.7 cm³/mol. The van der Waals surface area contributed by atoms with Crippen LogP contribution in [0.4, 0.5) is 5.69 Å². The third-order valence-corrected chi connectivity index (χ3v) is 4.12. The maximum atomic E-state index is 11.2. The van der Waals surface area contributed by atoms with Gasteiger partial charge in [-0.2, -0.15) is 0 Å². The molecule has 0 unspecified atom stereocenters. The van der Waals surface area contributed by atoms with Gasteiger partial charge < -0.3 is 9.47 Å². The second-order valence-electron chi connectivity index (χ2n) is 6.06. The van der Waals surface area contributed by atoms with E-state index in [-0.39, 0.29) is 17.4 Å². The summed E-state index contributed by atoms with van der Waals surface area (Å²) in [6.45, 7) is 3.93. The molecule has 0 bridgehead atoms. The van der Waals surface area contributed by atoms with Crippen LogP contribution in [-0.2, 0) is 24.4 Å². The quantitative estimate of drug-likeness (QED) is 0.622. The minimum absolute atomic E-state index is 0.0714. The van der Waals surface area contributed by atoms with Crippen LogP contribution in [0.5, 0.6) is 5.75 Å². The van der Waals surface area contributed by atoms with E-state index in [1.807, 2.05) is 19.2 Å². The normalized spacial score (nSPS) is 13.5. The van der Waals surface area contributed by atoms with Crippen LogP contribution in [0.25, 0.3) is 0 Å². The van der Waals surface area contributed by atoms with Gasteiger partial charge >= 0.3 is 0 Å². The average molecular weight is 328 g/mol. The Morgan fingerprint density at radius 3 is 2.71 bits per heavy atom. The maximum Gasteiger partial charge on any atom is 0.270 e. The van der Waals surface area contributed by atoms with Crippen molar-refractivity contribution < 1.29 is 14.4 Å². The molecule has 0 spiro atoms. The lowest BCUT2D eigenvalue weighted by Gasteiger charge is -2.24. The number of non-ortho nitro benzene ring substituents is 1. The van der Waals surface area contributed by atoms with E-state index in [4.69, 9.17) is 9.47 Å². The maximum absolute atomic E-state index is 11.2. The zero-order chi connectivity index (χ0) is 17.1. The van der Waals surface area contributed by atoms with E-state index >= 15 is 0 Å². The molecular formula is C18H20N2O4. The molecule has 0 atom stereocenters. The van der Waals surface area contributed by atoms with E-state index in [0.717, 1.165) is 17.7 Å². The van der Waals surface area contributed by atoms with Crippen molar-refractivity contribution in [2.75, 3.05) is 13.8 Å². The standard InChI is InChI=1S/C18H20N2O4/c1-13-5-3-4-6-14(13)9-19(2)10-15-7-17(20(21)22)8-16-11-23-12-24-18(15)16/h3-8H,9-12H2,1-2H3. The van der Waals surface area contributed by atoms with Gasteiger partial charge in [-0.25, -0.2) is 0 Å². The first-order valence-electron chi connectivity index (χ1n) is 7.78. The lowest BCUT2D eigenvalue weighted by Crippen LogP contribution is -2.20. The molecule has 0 amide bonds. The largest absolute Gasteiger partial charge is 0.467 e. The first kappa shape index (κ1) is 16.4. The fourth-order valence-corrected chi connectivity index (χ4v) is 2.93. The van der Waals surface area contributed by atoms with Crippen molar-refractivity contribution in [2.45, 2.75) is 26.6 Å². The Bertz CT molecular complexity index is 761. The molecule has 2 aromatic carbocycles. The van der Waals surface area contributed by atoms with Gasteiger partial charge in [-0.05, 0) is 25.1 Å². The van der Waals surface area contributed by atoms with Crippen molar-refractivity contribution in [3.63, 3.8) is 0 Å². The van der Waals surface area contributed by atoms with Crippen LogP contribution < -0.4 is 4.74 Å². The molecule has 0 radical (unpaired) electrons. The van der Waals surface area contributed by atoms with Gasteiger partial charge in [0.15, 0.2) is 6.79 Å². The number of benzene rings is 2. The van der Waals surface area contributed by atoms with Crippen LogP contribution in [0.1, 0.15) is 22.3 Å². The molecule has 24 heavy (non-hydrogen) atoms. The van der Waals surface area contributed by atoms with Crippen molar-refractivity contribution in [2.24, 2.45) is 0 Å². The van der Waals surface area contributed by atoms with E-state index in [0.29, 0.717) is 18.9 Å². The summed E-state index contributed by atoms with van der Waals surface area (Å²) in [6.07, 6.45) is 0. The number of nitro groups is 1. The van der Waals surface area contributed by atoms with Gasteiger partial charge in [0.05, 0.1) is 11.5 Å². The SMILES string of the molecule is Cc1ccccc1CN(C)Cc1cc([N+](=O)[O-])cc2c1OCOC2. The highest BCUT2D eigenvalue weighted by Crippen LogP contribution is 2.33. The summed E-state index contributed by atoms with van der Waals surface area (Å²) in [5, 5.41) is 11.2. The summed E-state index contributed by atoms with van der Waals surface area (Å²) in [5.41, 5.74) is 4.09. The van der Waals surface area contributed by atoms with E-state index < -0.39 is 0 Å². The lowest BCUT2D eigenvalue weighted by atomic mass is 10.1. The highest BCUT2D eigenvalue weighted by atomic mass is 16.7. The second-order valence-corrected chi connectivity index (χ2v) is 6.06. The van der Waals surface area contributed by atoms with Crippen LogP contribution in [-0.4, -0.2) is 23.7 Å². The summed E-state index contributed by atoms with van der Waals surface area (Å²) in [7, 11) is 2.00. The molecule has 0 saturated heterocycles. The molecule has 0 N–H and O–H groups in total. The van der Waals surface area contributed by atoms with Gasteiger partial charge in [0.25, 0.3) is 5.69 Å². The van der Waals surface area contributed by atoms with E-state index in [1.54, 1.807) is 6.07 Å². The molecule has 1 aliphatic heterocycles. The summed E-state index contributed by atoms with van der Waals surface area (Å²) >= 11 is 0. The number of nitro benzene ring substituents is 1. The fraction of sp³-hybridized carbons (Fsp3) is 0.333. The molecule has 6 heteroatoms. The number of ether oxygens (including phenoxy) is 2. The zero-order valence-corrected chi connectivity index (χ0v) is 13.8. The molecular weight excluding hydrogens is 308 g/mol. The van der Waals surface area contributed by atoms with Crippen LogP contribution in [0, 0.1) is 17.0 Å². The van der Waals surface area contributed by atoms with E-state index in [1.165, 1.54) is 17.2 Å². The molecule has 0 saturated carbocycles. The molecule has 0 aromatic heterocycles. The Labute approximate surface area is 140 Å². The average Bonchev–Trinajstić information content (AvgIpc) is 2.56. The topological polar surface area (TPSA) is 64.8 Å². The fourth-order valence-electron chi connectivity index (χ4n) is 2.93. The van der Waals surface area contributed by atoms with Gasteiger partial charge in [0.2, 0.25) is 0 Å². The minimum atomic E-state index is -0.375. The number of fused-ring (bicyclic) bond motifs is 1. The van der Waals surface area contributed by atoms with E-state index in [9.17, 15) is 10.1 Å². The van der Waals surface area contributed by atoms with Crippen LogP contribution in [0.2, 0.25) is 0 Å². The smallest absolute Gasteiger partial charge is 0.270 e. The Kier molecular flexibility index (Phi) is 4.78. The van der Waals surface area contributed by atoms with Gasteiger partial charge in [0, 0.05) is 36.3 Å². The highest BCUT2D eigenvalue weighted by molar-refractivity contribution is 5.50. The molecule has 126 valence electrons. The van der Waals surface area contributed by atoms with Gasteiger partial charge in [0.1, 0.15) is 5.75 Å². The molecule has 1 heterocycles. The zero-order valence-electron chi connectivity index (χ0n) is 13.8. The number of nitrogens with zero attached hydrogens (tertiary/aromatic N) is 2. The van der Waals surface area contributed by atoms with Crippen molar-refractivity contribution in [3.8, 4) is 5.75 Å². The van der Waals surface area contributed by atoms with Crippen molar-refractivity contribution in [1.29, 1.82) is 0 Å². The molecule has 3 rings (SSSR count). The van der Waals surface area contributed by atoms with Crippen LogP contribution >= 0.6 is 0 Å². The van der Waals surface area contributed by atoms with Gasteiger partial charge in [-0.1, -0.05) is 24.3 Å². The first-order valence-corrected chi connectivity index (χ1v) is 7.78. The third kappa shape index (κ3) is 3.55. The molecule has 1 aliphatic rings. The Morgan fingerprint density at radius 1 is 1.21 bits per heavy atom. The Hall–Kier alpha value is -2.44. The lowest BCUT2D eigenvalue weighted by molar-refractivity contribution is -0.385. The molecule has 0 fully saturated rings. The third-order valence-electron chi connectivity index (χ3n) is 4.12. The van der Waals surface area contributed by atoms with Crippen LogP contribution in [0.15, 0.2) is 36.4 Å². The van der Waals surface area contributed by atoms with E-state index in [2.05, 4.69) is 24.0 Å². The summed E-state index contributed by atoms with van der Waals surface area (Å²) < 4.78 is 10.8. The van der Waals surface area contributed by atoms with Crippen molar-refractivity contribution in [1.82, 2.24) is 4.90 Å².